The first-order chi connectivity index (χ1) is 9.74. The molecule has 0 aromatic carbocycles. The van der Waals surface area contributed by atoms with Crippen molar-refractivity contribution in [3.05, 3.63) is 22.2 Å². The fourth-order valence-corrected chi connectivity index (χ4v) is 1.62. The molecule has 0 fully saturated rings. The number of rotatable bonds is 7. The lowest BCUT2D eigenvalue weighted by molar-refractivity contribution is -0.384. The third kappa shape index (κ3) is 5.57. The average molecular weight is 294 g/mol. The quantitative estimate of drug-likeness (QED) is 0.588. The molecule has 0 spiro atoms. The molecular weight excluding hydrogens is 268 g/mol. The summed E-state index contributed by atoms with van der Waals surface area (Å²) in [5.41, 5.74) is 0.228. The normalized spacial score (nSPS) is 12.8. The molecule has 6 nitrogen and oxygen atoms in total. The zero-order chi connectivity index (χ0) is 16.0. The van der Waals surface area contributed by atoms with Crippen LogP contribution in [0.4, 0.5) is 17.3 Å². The van der Waals surface area contributed by atoms with E-state index in [1.165, 1.54) is 12.1 Å². The van der Waals surface area contributed by atoms with E-state index in [0.29, 0.717) is 17.6 Å². The van der Waals surface area contributed by atoms with E-state index in [1.807, 2.05) is 6.92 Å². The molecular formula is C15H26N4O2. The van der Waals surface area contributed by atoms with E-state index in [9.17, 15) is 10.1 Å². The summed E-state index contributed by atoms with van der Waals surface area (Å²) < 4.78 is 0. The van der Waals surface area contributed by atoms with E-state index >= 15 is 0 Å². The van der Waals surface area contributed by atoms with Crippen molar-refractivity contribution in [1.29, 1.82) is 0 Å². The Morgan fingerprint density at radius 3 is 2.33 bits per heavy atom. The van der Waals surface area contributed by atoms with Crippen molar-refractivity contribution in [1.82, 2.24) is 4.98 Å². The zero-order valence-electron chi connectivity index (χ0n) is 13.6. The Balaban J connectivity index is 2.85. The summed E-state index contributed by atoms with van der Waals surface area (Å²) in [6, 6.07) is 2.94. The maximum absolute atomic E-state index is 11.0. The monoisotopic (exact) mass is 294 g/mol. The topological polar surface area (TPSA) is 80.1 Å². The molecule has 118 valence electrons. The number of aromatic nitrogens is 1. The summed E-state index contributed by atoms with van der Waals surface area (Å²) in [5, 5.41) is 17.3. The minimum atomic E-state index is -0.392. The number of nitrogens with one attached hydrogen (secondary N) is 2. The lowest BCUT2D eigenvalue weighted by Crippen LogP contribution is -2.25. The van der Waals surface area contributed by atoms with Gasteiger partial charge in [0.25, 0.3) is 5.69 Å². The standard InChI is InChI=1S/C15H26N4O2/c1-6-7-16-13-8-12(19(20)21)9-14(18-13)17-10-11(2)15(3,4)5/h8-9,11H,6-7,10H2,1-5H3,(H2,16,17,18). The Labute approximate surface area is 126 Å². The first kappa shape index (κ1) is 17.2. The van der Waals surface area contributed by atoms with Crippen molar-refractivity contribution in [3.8, 4) is 0 Å². The van der Waals surface area contributed by atoms with Gasteiger partial charge in [0.15, 0.2) is 0 Å². The summed E-state index contributed by atoms with van der Waals surface area (Å²) in [6.07, 6.45) is 0.939. The second kappa shape index (κ2) is 7.24. The fraction of sp³-hybridized carbons (Fsp3) is 0.667. The number of pyridine rings is 1. The minimum Gasteiger partial charge on any atom is -0.370 e. The van der Waals surface area contributed by atoms with E-state index in [4.69, 9.17) is 0 Å². The van der Waals surface area contributed by atoms with Crippen LogP contribution in [0, 0.1) is 21.4 Å². The molecule has 1 aromatic heterocycles. The Morgan fingerprint density at radius 2 is 1.86 bits per heavy atom. The van der Waals surface area contributed by atoms with Crippen LogP contribution in [-0.2, 0) is 0 Å². The molecule has 0 aliphatic carbocycles. The van der Waals surface area contributed by atoms with Gasteiger partial charge in [0, 0.05) is 13.1 Å². The molecule has 0 saturated heterocycles. The number of nitro groups is 1. The molecule has 1 aromatic rings. The van der Waals surface area contributed by atoms with Crippen molar-refractivity contribution < 1.29 is 4.92 Å². The predicted octanol–water partition coefficient (Wildman–Crippen LogP) is 3.91. The van der Waals surface area contributed by atoms with E-state index in [1.54, 1.807) is 0 Å². The highest BCUT2D eigenvalue weighted by molar-refractivity contribution is 5.54. The van der Waals surface area contributed by atoms with Crippen LogP contribution in [0.5, 0.6) is 0 Å². The lowest BCUT2D eigenvalue weighted by Gasteiger charge is -2.27. The van der Waals surface area contributed by atoms with E-state index < -0.39 is 4.92 Å². The minimum absolute atomic E-state index is 0.0505. The Hall–Kier alpha value is -1.85. The smallest absolute Gasteiger partial charge is 0.276 e. The van der Waals surface area contributed by atoms with Gasteiger partial charge < -0.3 is 10.6 Å². The molecule has 0 saturated carbocycles. The Bertz CT molecular complexity index is 483. The number of nitrogens with zero attached hydrogens (tertiary/aromatic N) is 2. The van der Waals surface area contributed by atoms with Crippen LogP contribution in [0.3, 0.4) is 0 Å². The molecule has 0 radical (unpaired) electrons. The van der Waals surface area contributed by atoms with Crippen molar-refractivity contribution >= 4 is 17.3 Å². The Morgan fingerprint density at radius 1 is 1.29 bits per heavy atom. The van der Waals surface area contributed by atoms with Crippen molar-refractivity contribution in [2.24, 2.45) is 11.3 Å². The van der Waals surface area contributed by atoms with Crippen LogP contribution >= 0.6 is 0 Å². The van der Waals surface area contributed by atoms with Gasteiger partial charge in [-0.3, -0.25) is 10.1 Å². The summed E-state index contributed by atoms with van der Waals surface area (Å²) >= 11 is 0. The first-order valence-electron chi connectivity index (χ1n) is 7.38. The summed E-state index contributed by atoms with van der Waals surface area (Å²) in [5.74, 6) is 1.50. The first-order valence-corrected chi connectivity index (χ1v) is 7.38. The number of anilines is 2. The van der Waals surface area contributed by atoms with Crippen LogP contribution < -0.4 is 10.6 Å². The van der Waals surface area contributed by atoms with Crippen LogP contribution in [0.1, 0.15) is 41.0 Å². The molecule has 21 heavy (non-hydrogen) atoms. The van der Waals surface area contributed by atoms with Crippen molar-refractivity contribution in [3.63, 3.8) is 0 Å². The van der Waals surface area contributed by atoms with Crippen LogP contribution in [-0.4, -0.2) is 23.0 Å². The van der Waals surface area contributed by atoms with E-state index in [0.717, 1.165) is 19.5 Å². The second-order valence-electron chi connectivity index (χ2n) is 6.43. The summed E-state index contributed by atoms with van der Waals surface area (Å²) in [6.45, 7) is 12.2. The molecule has 0 bridgehead atoms. The highest BCUT2D eigenvalue weighted by Crippen LogP contribution is 2.26. The molecule has 1 unspecified atom stereocenters. The van der Waals surface area contributed by atoms with Gasteiger partial charge in [-0.25, -0.2) is 4.98 Å². The maximum Gasteiger partial charge on any atom is 0.276 e. The number of hydrogen-bond acceptors (Lipinski definition) is 5. The molecule has 0 aliphatic rings. The third-order valence-electron chi connectivity index (χ3n) is 3.64. The van der Waals surface area contributed by atoms with Crippen LogP contribution in [0.2, 0.25) is 0 Å². The van der Waals surface area contributed by atoms with Gasteiger partial charge in [-0.1, -0.05) is 34.6 Å². The summed E-state index contributed by atoms with van der Waals surface area (Å²) in [4.78, 5) is 15.0. The third-order valence-corrected chi connectivity index (χ3v) is 3.64. The molecule has 1 rings (SSSR count). The van der Waals surface area contributed by atoms with Crippen molar-refractivity contribution in [2.45, 2.75) is 41.0 Å². The lowest BCUT2D eigenvalue weighted by atomic mass is 9.82. The van der Waals surface area contributed by atoms with Crippen LogP contribution in [0.15, 0.2) is 12.1 Å². The maximum atomic E-state index is 11.0. The molecule has 1 atom stereocenters. The molecule has 1 heterocycles. The molecule has 0 amide bonds. The SMILES string of the molecule is CCCNc1cc([N+](=O)[O-])cc(NCC(C)C(C)(C)C)n1. The van der Waals surface area contributed by atoms with Gasteiger partial charge in [-0.15, -0.1) is 0 Å². The average Bonchev–Trinajstić information content (AvgIpc) is 2.41. The van der Waals surface area contributed by atoms with E-state index in [-0.39, 0.29) is 11.1 Å². The molecule has 0 aliphatic heterocycles. The predicted molar refractivity (Wildman–Crippen MR) is 86.8 cm³/mol. The van der Waals surface area contributed by atoms with Crippen LogP contribution in [0.25, 0.3) is 0 Å². The Kier molecular flexibility index (Phi) is 5.93. The van der Waals surface area contributed by atoms with Gasteiger partial charge in [0.1, 0.15) is 11.6 Å². The van der Waals surface area contributed by atoms with Gasteiger partial charge in [0.2, 0.25) is 0 Å². The summed E-state index contributed by atoms with van der Waals surface area (Å²) in [7, 11) is 0. The van der Waals surface area contributed by atoms with E-state index in [2.05, 4.69) is 43.3 Å². The zero-order valence-corrected chi connectivity index (χ0v) is 13.6. The van der Waals surface area contributed by atoms with Gasteiger partial charge in [-0.05, 0) is 17.8 Å². The highest BCUT2D eigenvalue weighted by atomic mass is 16.6. The second-order valence-corrected chi connectivity index (χ2v) is 6.43. The molecule has 2 N–H and O–H groups in total. The largest absolute Gasteiger partial charge is 0.370 e. The van der Waals surface area contributed by atoms with Gasteiger partial charge in [-0.2, -0.15) is 0 Å². The fourth-order valence-electron chi connectivity index (χ4n) is 1.62. The molecule has 6 heteroatoms. The van der Waals surface area contributed by atoms with Gasteiger partial charge >= 0.3 is 0 Å². The van der Waals surface area contributed by atoms with Crippen molar-refractivity contribution in [2.75, 3.05) is 23.7 Å². The highest BCUT2D eigenvalue weighted by Gasteiger charge is 2.20. The number of hydrogen-bond donors (Lipinski definition) is 2. The van der Waals surface area contributed by atoms with Gasteiger partial charge in [0.05, 0.1) is 17.1 Å².